The smallest absolute Gasteiger partial charge is 0.259 e. The summed E-state index contributed by atoms with van der Waals surface area (Å²) in [6, 6.07) is 9.72. The van der Waals surface area contributed by atoms with Crippen molar-refractivity contribution in [2.24, 2.45) is 5.41 Å². The molecule has 122 valence electrons. The van der Waals surface area contributed by atoms with Gasteiger partial charge in [0, 0.05) is 37.0 Å². The molecule has 5 nitrogen and oxygen atoms in total. The van der Waals surface area contributed by atoms with E-state index in [2.05, 4.69) is 21.8 Å². The summed E-state index contributed by atoms with van der Waals surface area (Å²) in [6.45, 7) is 4.52. The first-order valence-electron chi connectivity index (χ1n) is 7.74. The van der Waals surface area contributed by atoms with E-state index in [4.69, 9.17) is 4.74 Å². The van der Waals surface area contributed by atoms with Crippen molar-refractivity contribution in [3.8, 4) is 11.8 Å². The van der Waals surface area contributed by atoms with E-state index in [1.165, 1.54) is 0 Å². The van der Waals surface area contributed by atoms with Crippen molar-refractivity contribution in [2.45, 2.75) is 20.0 Å². The summed E-state index contributed by atoms with van der Waals surface area (Å²) >= 11 is 0. The maximum atomic E-state index is 12.4. The summed E-state index contributed by atoms with van der Waals surface area (Å²) in [7, 11) is 1.55. The third kappa shape index (κ3) is 3.15. The Morgan fingerprint density at radius 1 is 1.12 bits per heavy atom. The van der Waals surface area contributed by atoms with Crippen LogP contribution in [0.2, 0.25) is 0 Å². The minimum Gasteiger partial charge on any atom is -0.371 e. The number of benzene rings is 1. The number of rotatable bonds is 2. The number of ether oxygens (including phenoxy) is 1. The molecule has 0 unspecified atom stereocenters. The van der Waals surface area contributed by atoms with E-state index >= 15 is 0 Å². The molecule has 5 heteroatoms. The first-order chi connectivity index (χ1) is 11.5. The highest BCUT2D eigenvalue weighted by atomic mass is 16.5. The molecular formula is C19H19N3O2. The molecule has 1 amide bonds. The highest BCUT2D eigenvalue weighted by molar-refractivity contribution is 5.98. The van der Waals surface area contributed by atoms with E-state index in [1.54, 1.807) is 24.4 Å². The molecule has 0 bridgehead atoms. The number of anilines is 1. The molecule has 1 aromatic heterocycles. The van der Waals surface area contributed by atoms with Crippen molar-refractivity contribution in [1.29, 1.82) is 0 Å². The Kier molecular flexibility index (Phi) is 4.32. The minimum atomic E-state index is -0.473. The summed E-state index contributed by atoms with van der Waals surface area (Å²) in [5.74, 6) is 6.36. The SMILES string of the molecule is CO[C@H]1C(=O)N(c2ncc(C#Cc3ccccc3)cn2)CC1(C)C. The van der Waals surface area contributed by atoms with Gasteiger partial charge in [0.25, 0.3) is 5.91 Å². The zero-order valence-corrected chi connectivity index (χ0v) is 14.0. The van der Waals surface area contributed by atoms with Crippen LogP contribution >= 0.6 is 0 Å². The molecule has 1 aliphatic rings. The fraction of sp³-hybridized carbons (Fsp3) is 0.316. The molecule has 0 saturated carbocycles. The molecule has 24 heavy (non-hydrogen) atoms. The Bertz CT molecular complexity index is 789. The van der Waals surface area contributed by atoms with Gasteiger partial charge >= 0.3 is 0 Å². The largest absolute Gasteiger partial charge is 0.371 e. The summed E-state index contributed by atoms with van der Waals surface area (Å²) < 4.78 is 5.33. The van der Waals surface area contributed by atoms with Crippen molar-refractivity contribution >= 4 is 11.9 Å². The van der Waals surface area contributed by atoms with Crippen LogP contribution in [0, 0.1) is 17.3 Å². The second kappa shape index (κ2) is 6.42. The number of carbonyl (C=O) groups is 1. The second-order valence-electron chi connectivity index (χ2n) is 6.42. The van der Waals surface area contributed by atoms with Crippen LogP contribution in [0.25, 0.3) is 0 Å². The maximum absolute atomic E-state index is 12.4. The average molecular weight is 321 g/mol. The number of methoxy groups -OCH3 is 1. The molecule has 0 aliphatic carbocycles. The van der Waals surface area contributed by atoms with Crippen molar-refractivity contribution in [3.63, 3.8) is 0 Å². The van der Waals surface area contributed by atoms with Crippen LogP contribution in [-0.4, -0.2) is 35.6 Å². The van der Waals surface area contributed by atoms with Gasteiger partial charge in [0.15, 0.2) is 0 Å². The van der Waals surface area contributed by atoms with Gasteiger partial charge in [-0.2, -0.15) is 0 Å². The molecule has 1 aromatic carbocycles. The Balaban J connectivity index is 1.78. The zero-order valence-electron chi connectivity index (χ0n) is 14.0. The van der Waals surface area contributed by atoms with Crippen molar-refractivity contribution in [1.82, 2.24) is 9.97 Å². The monoisotopic (exact) mass is 321 g/mol. The third-order valence-electron chi connectivity index (χ3n) is 4.01. The van der Waals surface area contributed by atoms with Gasteiger partial charge in [0.2, 0.25) is 5.95 Å². The zero-order chi connectivity index (χ0) is 17.2. The van der Waals surface area contributed by atoms with Crippen LogP contribution in [0.15, 0.2) is 42.7 Å². The van der Waals surface area contributed by atoms with Gasteiger partial charge < -0.3 is 4.74 Å². The van der Waals surface area contributed by atoms with E-state index < -0.39 is 6.10 Å². The molecule has 1 fully saturated rings. The number of hydrogen-bond acceptors (Lipinski definition) is 4. The number of hydrogen-bond donors (Lipinski definition) is 0. The maximum Gasteiger partial charge on any atom is 0.259 e. The van der Waals surface area contributed by atoms with E-state index in [0.29, 0.717) is 18.1 Å². The summed E-state index contributed by atoms with van der Waals surface area (Å²) in [4.78, 5) is 22.6. The van der Waals surface area contributed by atoms with Gasteiger partial charge in [-0.15, -0.1) is 0 Å². The quantitative estimate of drug-likeness (QED) is 0.796. The number of aromatic nitrogens is 2. The van der Waals surface area contributed by atoms with Gasteiger partial charge in [0.1, 0.15) is 6.10 Å². The minimum absolute atomic E-state index is 0.106. The van der Waals surface area contributed by atoms with Gasteiger partial charge in [-0.25, -0.2) is 9.97 Å². The van der Waals surface area contributed by atoms with Crippen LogP contribution in [0.3, 0.4) is 0 Å². The van der Waals surface area contributed by atoms with Crippen LogP contribution in [-0.2, 0) is 9.53 Å². The lowest BCUT2D eigenvalue weighted by atomic mass is 9.90. The standard InChI is InChI=1S/C19H19N3O2/c1-19(2)13-22(17(23)16(19)24-3)18-20-11-15(12-21-18)10-9-14-7-5-4-6-8-14/h4-8,11-12,16H,13H2,1-3H3/t16-/m0/s1. The molecule has 0 spiro atoms. The highest BCUT2D eigenvalue weighted by Crippen LogP contribution is 2.34. The van der Waals surface area contributed by atoms with Crippen LogP contribution in [0.4, 0.5) is 5.95 Å². The predicted octanol–water partition coefficient (Wildman–Crippen LogP) is 2.26. The van der Waals surface area contributed by atoms with Crippen LogP contribution in [0.1, 0.15) is 25.0 Å². The molecule has 1 aliphatic heterocycles. The first kappa shape index (κ1) is 16.2. The van der Waals surface area contributed by atoms with E-state index in [-0.39, 0.29) is 11.3 Å². The van der Waals surface area contributed by atoms with Crippen LogP contribution < -0.4 is 4.90 Å². The lowest BCUT2D eigenvalue weighted by Gasteiger charge is -2.21. The lowest BCUT2D eigenvalue weighted by Crippen LogP contribution is -2.33. The lowest BCUT2D eigenvalue weighted by molar-refractivity contribution is -0.128. The molecule has 1 saturated heterocycles. The summed E-state index contributed by atoms with van der Waals surface area (Å²) in [6.07, 6.45) is 2.80. The molecule has 1 atom stereocenters. The van der Waals surface area contributed by atoms with Gasteiger partial charge in [-0.05, 0) is 12.1 Å². The second-order valence-corrected chi connectivity index (χ2v) is 6.42. The summed E-state index contributed by atoms with van der Waals surface area (Å²) in [5, 5.41) is 0. The first-order valence-corrected chi connectivity index (χ1v) is 7.74. The average Bonchev–Trinajstić information content (AvgIpc) is 2.83. The van der Waals surface area contributed by atoms with Gasteiger partial charge in [-0.3, -0.25) is 9.69 Å². The normalized spacial score (nSPS) is 19.0. The third-order valence-corrected chi connectivity index (χ3v) is 4.01. The Morgan fingerprint density at radius 3 is 2.33 bits per heavy atom. The molecular weight excluding hydrogens is 302 g/mol. The van der Waals surface area contributed by atoms with Crippen molar-refractivity contribution in [3.05, 3.63) is 53.9 Å². The topological polar surface area (TPSA) is 55.3 Å². The number of amides is 1. The molecule has 2 heterocycles. The van der Waals surface area contributed by atoms with Gasteiger partial charge in [-0.1, -0.05) is 43.9 Å². The fourth-order valence-corrected chi connectivity index (χ4v) is 2.82. The highest BCUT2D eigenvalue weighted by Gasteiger charge is 2.47. The Morgan fingerprint density at radius 2 is 1.75 bits per heavy atom. The fourth-order valence-electron chi connectivity index (χ4n) is 2.82. The Hall–Kier alpha value is -2.71. The van der Waals surface area contributed by atoms with E-state index in [1.807, 2.05) is 44.2 Å². The Labute approximate surface area is 141 Å². The molecule has 0 radical (unpaired) electrons. The van der Waals surface area contributed by atoms with Crippen LogP contribution in [0.5, 0.6) is 0 Å². The predicted molar refractivity (Wildman–Crippen MR) is 91.4 cm³/mol. The van der Waals surface area contributed by atoms with Gasteiger partial charge in [0.05, 0.1) is 5.56 Å². The summed E-state index contributed by atoms with van der Waals surface area (Å²) in [5.41, 5.74) is 1.36. The van der Waals surface area contributed by atoms with E-state index in [9.17, 15) is 4.79 Å². The molecule has 3 rings (SSSR count). The van der Waals surface area contributed by atoms with E-state index in [0.717, 1.165) is 5.56 Å². The van der Waals surface area contributed by atoms with Crippen molar-refractivity contribution < 1.29 is 9.53 Å². The van der Waals surface area contributed by atoms with Crippen molar-refractivity contribution in [2.75, 3.05) is 18.6 Å². The number of nitrogens with zero attached hydrogens (tertiary/aromatic N) is 3. The molecule has 0 N–H and O–H groups in total. The molecule has 2 aromatic rings. The number of carbonyl (C=O) groups excluding carboxylic acids is 1.